The van der Waals surface area contributed by atoms with Crippen LogP contribution < -0.4 is 17.0 Å². The molecule has 1 aliphatic rings. The van der Waals surface area contributed by atoms with Gasteiger partial charge in [-0.25, -0.2) is 0 Å². The van der Waals surface area contributed by atoms with Gasteiger partial charge in [0.2, 0.25) is 0 Å². The summed E-state index contributed by atoms with van der Waals surface area (Å²) in [6, 6.07) is 0. The number of halogens is 1. The molecule has 0 radical (unpaired) electrons. The van der Waals surface area contributed by atoms with Gasteiger partial charge in [0, 0.05) is 0 Å². The van der Waals surface area contributed by atoms with Crippen LogP contribution in [0.1, 0.15) is 104 Å². The van der Waals surface area contributed by atoms with Gasteiger partial charge in [0.05, 0.1) is 26.7 Å². The van der Waals surface area contributed by atoms with Crippen molar-refractivity contribution in [3.8, 4) is 0 Å². The molecule has 0 aliphatic carbocycles. The third-order valence-electron chi connectivity index (χ3n) is 5.65. The lowest BCUT2D eigenvalue weighted by atomic mass is 10.1. The molecule has 2 unspecified atom stereocenters. The second-order valence-corrected chi connectivity index (χ2v) is 8.45. The van der Waals surface area contributed by atoms with Gasteiger partial charge in [0.25, 0.3) is 0 Å². The third kappa shape index (κ3) is 15.2. The smallest absolute Gasteiger partial charge is 0.130 e. The van der Waals surface area contributed by atoms with Crippen molar-refractivity contribution in [3.63, 3.8) is 0 Å². The molecule has 25 heavy (non-hydrogen) atoms. The summed E-state index contributed by atoms with van der Waals surface area (Å²) in [4.78, 5) is 0. The van der Waals surface area contributed by atoms with E-state index in [1.54, 1.807) is 0 Å². The van der Waals surface area contributed by atoms with Gasteiger partial charge >= 0.3 is 0 Å². The van der Waals surface area contributed by atoms with Crippen molar-refractivity contribution in [1.29, 1.82) is 0 Å². The Labute approximate surface area is 169 Å². The summed E-state index contributed by atoms with van der Waals surface area (Å²) in [6.45, 7) is 9.60. The van der Waals surface area contributed by atoms with Crippen LogP contribution in [0.3, 0.4) is 0 Å². The van der Waals surface area contributed by atoms with Crippen molar-refractivity contribution in [2.24, 2.45) is 0 Å². The third-order valence-corrected chi connectivity index (χ3v) is 5.65. The molecule has 1 fully saturated rings. The SMILES string of the molecule is CCCCCCCCCC[N+](C)(CCCCCCCC)CC1CO1.[Br-]. The molecule has 0 aromatic rings. The molecule has 2 nitrogen and oxygen atoms in total. The van der Waals surface area contributed by atoms with E-state index in [1.807, 2.05) is 0 Å². The second kappa shape index (κ2) is 16.6. The summed E-state index contributed by atoms with van der Waals surface area (Å²) in [5.74, 6) is 0. The van der Waals surface area contributed by atoms with Gasteiger partial charge in [0.15, 0.2) is 0 Å². The second-order valence-electron chi connectivity index (χ2n) is 8.45. The Morgan fingerprint density at radius 2 is 1.04 bits per heavy atom. The van der Waals surface area contributed by atoms with E-state index >= 15 is 0 Å². The molecular weight excluding hydrogens is 374 g/mol. The topological polar surface area (TPSA) is 12.5 Å². The van der Waals surface area contributed by atoms with E-state index in [-0.39, 0.29) is 17.0 Å². The van der Waals surface area contributed by atoms with E-state index in [4.69, 9.17) is 4.74 Å². The maximum atomic E-state index is 5.53. The van der Waals surface area contributed by atoms with Crippen LogP contribution in [0.25, 0.3) is 0 Å². The Morgan fingerprint density at radius 1 is 0.680 bits per heavy atom. The summed E-state index contributed by atoms with van der Waals surface area (Å²) in [6.07, 6.45) is 20.5. The molecule has 3 heteroatoms. The first kappa shape index (κ1) is 25.4. The molecule has 1 rings (SSSR count). The summed E-state index contributed by atoms with van der Waals surface area (Å²) in [5, 5.41) is 0. The summed E-state index contributed by atoms with van der Waals surface area (Å²) < 4.78 is 6.79. The normalized spacial score (nSPS) is 18.6. The van der Waals surface area contributed by atoms with E-state index < -0.39 is 0 Å². The zero-order valence-corrected chi connectivity index (χ0v) is 19.1. The Morgan fingerprint density at radius 3 is 1.40 bits per heavy atom. The minimum Gasteiger partial charge on any atom is -1.00 e. The average Bonchev–Trinajstić information content (AvgIpc) is 3.37. The van der Waals surface area contributed by atoms with Gasteiger partial charge < -0.3 is 26.2 Å². The molecule has 1 aliphatic heterocycles. The number of hydrogen-bond acceptors (Lipinski definition) is 1. The van der Waals surface area contributed by atoms with Crippen LogP contribution in [-0.2, 0) is 4.74 Å². The molecule has 1 saturated heterocycles. The number of unbranched alkanes of at least 4 members (excludes halogenated alkanes) is 12. The first-order valence-electron chi connectivity index (χ1n) is 11.2. The van der Waals surface area contributed by atoms with E-state index in [9.17, 15) is 0 Å². The highest BCUT2D eigenvalue weighted by Gasteiger charge is 2.33. The van der Waals surface area contributed by atoms with Crippen LogP contribution in [0.5, 0.6) is 0 Å². The Hall–Kier alpha value is 0.400. The number of hydrogen-bond donors (Lipinski definition) is 0. The monoisotopic (exact) mass is 419 g/mol. The summed E-state index contributed by atoms with van der Waals surface area (Å²) in [7, 11) is 2.48. The highest BCUT2D eigenvalue weighted by Crippen LogP contribution is 2.19. The molecular formula is C22H46BrNO. The van der Waals surface area contributed by atoms with E-state index in [0.29, 0.717) is 6.10 Å². The van der Waals surface area contributed by atoms with E-state index in [1.165, 1.54) is 114 Å². The van der Waals surface area contributed by atoms with Gasteiger partial charge in [-0.05, 0) is 25.7 Å². The van der Waals surface area contributed by atoms with Gasteiger partial charge in [-0.15, -0.1) is 0 Å². The van der Waals surface area contributed by atoms with Crippen molar-refractivity contribution in [2.75, 3.05) is 33.3 Å². The zero-order chi connectivity index (χ0) is 17.5. The maximum absolute atomic E-state index is 5.53. The molecule has 0 bridgehead atoms. The van der Waals surface area contributed by atoms with Gasteiger partial charge in [-0.3, -0.25) is 0 Å². The Kier molecular flexibility index (Phi) is 16.8. The summed E-state index contributed by atoms with van der Waals surface area (Å²) in [5.41, 5.74) is 0. The predicted molar refractivity (Wildman–Crippen MR) is 107 cm³/mol. The maximum Gasteiger partial charge on any atom is 0.130 e. The quantitative estimate of drug-likeness (QED) is 0.188. The fraction of sp³-hybridized carbons (Fsp3) is 1.00. The molecule has 0 saturated carbocycles. The van der Waals surface area contributed by atoms with Crippen LogP contribution in [0, 0.1) is 0 Å². The van der Waals surface area contributed by atoms with Crippen LogP contribution in [0.2, 0.25) is 0 Å². The molecule has 0 N–H and O–H groups in total. The van der Waals surface area contributed by atoms with Crippen molar-refractivity contribution < 1.29 is 26.2 Å². The highest BCUT2D eigenvalue weighted by atomic mass is 79.9. The largest absolute Gasteiger partial charge is 1.00 e. The lowest BCUT2D eigenvalue weighted by molar-refractivity contribution is -0.910. The van der Waals surface area contributed by atoms with Crippen LogP contribution in [0.15, 0.2) is 0 Å². The number of likely N-dealkylation sites (N-methyl/N-ethyl adjacent to an activating group) is 1. The number of ether oxygens (including phenoxy) is 1. The molecule has 2 atom stereocenters. The average molecular weight is 421 g/mol. The van der Waals surface area contributed by atoms with Crippen molar-refractivity contribution >= 4 is 0 Å². The number of epoxide rings is 1. The number of quaternary nitrogens is 1. The van der Waals surface area contributed by atoms with Crippen molar-refractivity contribution in [3.05, 3.63) is 0 Å². The lowest BCUT2D eigenvalue weighted by Crippen LogP contribution is -3.00. The molecule has 0 amide bonds. The van der Waals surface area contributed by atoms with Crippen LogP contribution >= 0.6 is 0 Å². The fourth-order valence-electron chi connectivity index (χ4n) is 3.86. The molecule has 0 aromatic carbocycles. The summed E-state index contributed by atoms with van der Waals surface area (Å²) >= 11 is 0. The van der Waals surface area contributed by atoms with Crippen molar-refractivity contribution in [2.45, 2.75) is 110 Å². The minimum absolute atomic E-state index is 0. The number of nitrogens with zero attached hydrogens (tertiary/aromatic N) is 1. The Bertz CT molecular complexity index is 283. The van der Waals surface area contributed by atoms with Gasteiger partial charge in [-0.2, -0.15) is 0 Å². The first-order chi connectivity index (χ1) is 11.7. The molecule has 0 spiro atoms. The zero-order valence-electron chi connectivity index (χ0n) is 17.5. The standard InChI is InChI=1S/C22H46NO.BrH/c1-4-6-8-10-12-13-15-17-19-23(3,20-22-21-24-22)18-16-14-11-9-7-5-2;/h22H,4-21H2,1-3H3;1H/q+1;/p-1. The van der Waals surface area contributed by atoms with Crippen LogP contribution in [0.4, 0.5) is 0 Å². The van der Waals surface area contributed by atoms with E-state index in [2.05, 4.69) is 20.9 Å². The number of rotatable bonds is 18. The molecule has 0 aromatic heterocycles. The lowest BCUT2D eigenvalue weighted by Gasteiger charge is -2.34. The van der Waals surface area contributed by atoms with Gasteiger partial charge in [0.1, 0.15) is 12.6 Å². The van der Waals surface area contributed by atoms with Crippen LogP contribution in [-0.4, -0.2) is 43.9 Å². The molecule has 1 heterocycles. The highest BCUT2D eigenvalue weighted by molar-refractivity contribution is 4.68. The van der Waals surface area contributed by atoms with Gasteiger partial charge in [-0.1, -0.05) is 78.1 Å². The fourth-order valence-corrected chi connectivity index (χ4v) is 3.86. The minimum atomic E-state index is 0. The van der Waals surface area contributed by atoms with Crippen molar-refractivity contribution in [1.82, 2.24) is 0 Å². The Balaban J connectivity index is 0.00000576. The predicted octanol–water partition coefficient (Wildman–Crippen LogP) is 3.34. The van der Waals surface area contributed by atoms with E-state index in [0.717, 1.165) is 6.61 Å². The first-order valence-corrected chi connectivity index (χ1v) is 11.2. The molecule has 152 valence electrons.